The van der Waals surface area contributed by atoms with E-state index in [4.69, 9.17) is 0 Å². The highest BCUT2D eigenvalue weighted by Crippen LogP contribution is 2.15. The quantitative estimate of drug-likeness (QED) is 0.789. The Morgan fingerprint density at radius 3 is 2.29 bits per heavy atom. The highest BCUT2D eigenvalue weighted by Gasteiger charge is 2.01. The van der Waals surface area contributed by atoms with E-state index >= 15 is 0 Å². The molecule has 0 saturated carbocycles. The van der Waals surface area contributed by atoms with Gasteiger partial charge in [0.25, 0.3) is 0 Å². The van der Waals surface area contributed by atoms with Gasteiger partial charge in [-0.3, -0.25) is 4.79 Å². The monoisotopic (exact) mass is 234 g/mol. The number of nitrogens with one attached hydrogen (secondary N) is 2. The minimum atomic E-state index is 0.0464. The first-order valence-electron chi connectivity index (χ1n) is 6.32. The molecule has 0 saturated heterocycles. The Morgan fingerprint density at radius 1 is 1.18 bits per heavy atom. The first kappa shape index (κ1) is 13.6. The van der Waals surface area contributed by atoms with Crippen molar-refractivity contribution in [2.75, 3.05) is 10.6 Å². The lowest BCUT2D eigenvalue weighted by Gasteiger charge is -2.14. The zero-order valence-electron chi connectivity index (χ0n) is 10.9. The summed E-state index contributed by atoms with van der Waals surface area (Å²) in [4.78, 5) is 11.2. The third-order valence-corrected chi connectivity index (χ3v) is 2.62. The normalized spacial score (nSPS) is 11.9. The van der Waals surface area contributed by atoms with Gasteiger partial charge in [0, 0.05) is 23.8 Å². The maximum absolute atomic E-state index is 11.2. The molecule has 0 aromatic heterocycles. The van der Waals surface area contributed by atoms with Crippen LogP contribution >= 0.6 is 0 Å². The first-order valence-corrected chi connectivity index (χ1v) is 6.32. The lowest BCUT2D eigenvalue weighted by molar-refractivity contribution is -0.115. The second-order valence-corrected chi connectivity index (χ2v) is 4.31. The van der Waals surface area contributed by atoms with Crippen molar-refractivity contribution in [3.05, 3.63) is 24.3 Å². The first-order chi connectivity index (χ1) is 8.15. The summed E-state index contributed by atoms with van der Waals surface area (Å²) in [7, 11) is 0. The van der Waals surface area contributed by atoms with Crippen LogP contribution in [0.2, 0.25) is 0 Å². The number of hydrogen-bond acceptors (Lipinski definition) is 2. The summed E-state index contributed by atoms with van der Waals surface area (Å²) in [6.45, 7) is 6.20. The molecule has 1 rings (SSSR count). The molecule has 0 radical (unpaired) electrons. The van der Waals surface area contributed by atoms with Gasteiger partial charge in [0.1, 0.15) is 0 Å². The zero-order chi connectivity index (χ0) is 12.7. The van der Waals surface area contributed by atoms with Gasteiger partial charge in [-0.1, -0.05) is 20.3 Å². The van der Waals surface area contributed by atoms with E-state index in [9.17, 15) is 4.79 Å². The Hall–Kier alpha value is -1.51. The molecule has 3 nitrogen and oxygen atoms in total. The smallest absolute Gasteiger partial charge is 0.224 e. The number of benzene rings is 1. The summed E-state index contributed by atoms with van der Waals surface area (Å²) in [5.74, 6) is 0.0464. The molecule has 0 aliphatic carbocycles. The largest absolute Gasteiger partial charge is 0.383 e. The standard InChI is InChI=1S/C14H22N2O/c1-4-6-11(3)15-12-7-9-13(10-8-12)16-14(17)5-2/h7-11,15H,4-6H2,1-3H3,(H,16,17). The number of rotatable bonds is 6. The number of carbonyl (C=O) groups is 1. The molecule has 1 amide bonds. The maximum Gasteiger partial charge on any atom is 0.224 e. The molecule has 1 unspecified atom stereocenters. The van der Waals surface area contributed by atoms with Gasteiger partial charge in [0.2, 0.25) is 5.91 Å². The van der Waals surface area contributed by atoms with Crippen LogP contribution in [-0.2, 0) is 4.79 Å². The van der Waals surface area contributed by atoms with E-state index in [1.54, 1.807) is 0 Å². The van der Waals surface area contributed by atoms with Gasteiger partial charge in [0.15, 0.2) is 0 Å². The fourth-order valence-electron chi connectivity index (χ4n) is 1.69. The van der Waals surface area contributed by atoms with E-state index < -0.39 is 0 Å². The third kappa shape index (κ3) is 4.89. The van der Waals surface area contributed by atoms with Crippen molar-refractivity contribution in [3.8, 4) is 0 Å². The Kier molecular flexibility index (Phi) is 5.53. The van der Waals surface area contributed by atoms with Crippen LogP contribution in [0.4, 0.5) is 11.4 Å². The SMILES string of the molecule is CCCC(C)Nc1ccc(NC(=O)CC)cc1. The fraction of sp³-hybridized carbons (Fsp3) is 0.500. The molecule has 0 fully saturated rings. The summed E-state index contributed by atoms with van der Waals surface area (Å²) in [6.07, 6.45) is 2.85. The Bertz CT molecular complexity index is 346. The zero-order valence-corrected chi connectivity index (χ0v) is 10.9. The number of amides is 1. The molecule has 1 atom stereocenters. The molecule has 0 spiro atoms. The van der Waals surface area contributed by atoms with Crippen molar-refractivity contribution in [2.45, 2.75) is 46.1 Å². The van der Waals surface area contributed by atoms with Crippen molar-refractivity contribution in [1.29, 1.82) is 0 Å². The molecule has 0 heterocycles. The number of anilines is 2. The van der Waals surface area contributed by atoms with Gasteiger partial charge in [-0.2, -0.15) is 0 Å². The molecular formula is C14H22N2O. The van der Waals surface area contributed by atoms with Crippen LogP contribution in [0.1, 0.15) is 40.0 Å². The Balaban J connectivity index is 2.52. The predicted molar refractivity (Wildman–Crippen MR) is 73.4 cm³/mol. The highest BCUT2D eigenvalue weighted by molar-refractivity contribution is 5.90. The molecule has 0 aliphatic heterocycles. The van der Waals surface area contributed by atoms with Gasteiger partial charge in [-0.05, 0) is 37.6 Å². The third-order valence-electron chi connectivity index (χ3n) is 2.62. The molecule has 17 heavy (non-hydrogen) atoms. The highest BCUT2D eigenvalue weighted by atomic mass is 16.1. The van der Waals surface area contributed by atoms with Crippen molar-refractivity contribution in [1.82, 2.24) is 0 Å². The molecule has 1 aromatic rings. The van der Waals surface area contributed by atoms with Crippen molar-refractivity contribution < 1.29 is 4.79 Å². The van der Waals surface area contributed by atoms with E-state index in [0.29, 0.717) is 12.5 Å². The van der Waals surface area contributed by atoms with Crippen LogP contribution < -0.4 is 10.6 Å². The topological polar surface area (TPSA) is 41.1 Å². The van der Waals surface area contributed by atoms with Crippen molar-refractivity contribution >= 4 is 17.3 Å². The van der Waals surface area contributed by atoms with Crippen LogP contribution in [0.3, 0.4) is 0 Å². The van der Waals surface area contributed by atoms with Gasteiger partial charge in [0.05, 0.1) is 0 Å². The van der Waals surface area contributed by atoms with Crippen molar-refractivity contribution in [3.63, 3.8) is 0 Å². The molecule has 3 heteroatoms. The second kappa shape index (κ2) is 6.94. The fourth-order valence-corrected chi connectivity index (χ4v) is 1.69. The van der Waals surface area contributed by atoms with Crippen LogP contribution in [0, 0.1) is 0 Å². The molecule has 0 aliphatic rings. The Morgan fingerprint density at radius 2 is 1.76 bits per heavy atom. The average Bonchev–Trinajstić information content (AvgIpc) is 2.32. The lowest BCUT2D eigenvalue weighted by atomic mass is 10.2. The average molecular weight is 234 g/mol. The van der Waals surface area contributed by atoms with Gasteiger partial charge >= 0.3 is 0 Å². The molecule has 1 aromatic carbocycles. The van der Waals surface area contributed by atoms with E-state index in [1.807, 2.05) is 31.2 Å². The summed E-state index contributed by atoms with van der Waals surface area (Å²) < 4.78 is 0. The summed E-state index contributed by atoms with van der Waals surface area (Å²) in [5.41, 5.74) is 1.95. The van der Waals surface area contributed by atoms with Gasteiger partial charge in [-0.15, -0.1) is 0 Å². The minimum Gasteiger partial charge on any atom is -0.383 e. The second-order valence-electron chi connectivity index (χ2n) is 4.31. The van der Waals surface area contributed by atoms with Crippen LogP contribution in [-0.4, -0.2) is 11.9 Å². The van der Waals surface area contributed by atoms with E-state index in [2.05, 4.69) is 24.5 Å². The van der Waals surface area contributed by atoms with E-state index in [0.717, 1.165) is 17.8 Å². The molecule has 94 valence electrons. The number of carbonyl (C=O) groups excluding carboxylic acids is 1. The number of hydrogen-bond donors (Lipinski definition) is 2. The van der Waals surface area contributed by atoms with E-state index in [1.165, 1.54) is 6.42 Å². The van der Waals surface area contributed by atoms with Crippen LogP contribution in [0.25, 0.3) is 0 Å². The molecule has 0 bridgehead atoms. The van der Waals surface area contributed by atoms with Gasteiger partial charge in [-0.25, -0.2) is 0 Å². The molecular weight excluding hydrogens is 212 g/mol. The van der Waals surface area contributed by atoms with Crippen molar-refractivity contribution in [2.24, 2.45) is 0 Å². The van der Waals surface area contributed by atoms with Gasteiger partial charge < -0.3 is 10.6 Å². The Labute approximate surface area is 104 Å². The van der Waals surface area contributed by atoms with Crippen LogP contribution in [0.5, 0.6) is 0 Å². The summed E-state index contributed by atoms with van der Waals surface area (Å²) in [6, 6.07) is 8.33. The minimum absolute atomic E-state index is 0.0464. The predicted octanol–water partition coefficient (Wildman–Crippen LogP) is 3.64. The lowest BCUT2D eigenvalue weighted by Crippen LogP contribution is -2.14. The maximum atomic E-state index is 11.2. The molecule has 2 N–H and O–H groups in total. The summed E-state index contributed by atoms with van der Waals surface area (Å²) in [5, 5.41) is 6.26. The summed E-state index contributed by atoms with van der Waals surface area (Å²) >= 11 is 0. The van der Waals surface area contributed by atoms with E-state index in [-0.39, 0.29) is 5.91 Å². The van der Waals surface area contributed by atoms with Crippen LogP contribution in [0.15, 0.2) is 24.3 Å².